The van der Waals surface area contributed by atoms with Crippen LogP contribution in [0.3, 0.4) is 0 Å². The number of carboxylic acid groups (broad SMARTS) is 1. The van der Waals surface area contributed by atoms with Crippen molar-refractivity contribution in [3.05, 3.63) is 28.2 Å². The Morgan fingerprint density at radius 3 is 2.55 bits per heavy atom. The highest BCUT2D eigenvalue weighted by Crippen LogP contribution is 2.20. The van der Waals surface area contributed by atoms with Crippen LogP contribution in [0, 0.1) is 12.8 Å². The Morgan fingerprint density at radius 1 is 1.36 bits per heavy atom. The lowest BCUT2D eigenvalue weighted by Crippen LogP contribution is -2.40. The van der Waals surface area contributed by atoms with Gasteiger partial charge in [0.25, 0.3) is 0 Å². The molecule has 1 amide bonds. The number of likely N-dealkylation sites (tertiary alicyclic amines) is 1. The van der Waals surface area contributed by atoms with Crippen LogP contribution in [0.25, 0.3) is 0 Å². The summed E-state index contributed by atoms with van der Waals surface area (Å²) in [7, 11) is 0. The molecule has 0 radical (unpaired) electrons. The SMILES string of the molecule is Cc1cc(Br)ccc1NC(=O)CN1CCC(C(=O)O)CC1.Cl. The van der Waals surface area contributed by atoms with E-state index in [2.05, 4.69) is 21.2 Å². The van der Waals surface area contributed by atoms with Crippen molar-refractivity contribution in [2.75, 3.05) is 25.0 Å². The molecule has 1 saturated heterocycles. The van der Waals surface area contributed by atoms with Crippen molar-refractivity contribution in [1.82, 2.24) is 4.90 Å². The Labute approximate surface area is 144 Å². The largest absolute Gasteiger partial charge is 0.481 e. The molecule has 1 fully saturated rings. The first-order chi connectivity index (χ1) is 9.95. The molecule has 1 aliphatic rings. The van der Waals surface area contributed by atoms with Crippen molar-refractivity contribution in [3.63, 3.8) is 0 Å². The topological polar surface area (TPSA) is 69.6 Å². The number of hydrogen-bond acceptors (Lipinski definition) is 3. The highest BCUT2D eigenvalue weighted by molar-refractivity contribution is 9.10. The molecular weight excluding hydrogens is 372 g/mol. The summed E-state index contributed by atoms with van der Waals surface area (Å²) in [5.74, 6) is -1.06. The molecular formula is C15H20BrClN2O3. The number of aliphatic carboxylic acids is 1. The molecule has 1 heterocycles. The Kier molecular flexibility index (Phi) is 7.32. The Balaban J connectivity index is 0.00000242. The minimum Gasteiger partial charge on any atom is -0.481 e. The van der Waals surface area contributed by atoms with Gasteiger partial charge >= 0.3 is 5.97 Å². The summed E-state index contributed by atoms with van der Waals surface area (Å²) in [5, 5.41) is 11.9. The van der Waals surface area contributed by atoms with Gasteiger partial charge < -0.3 is 10.4 Å². The standard InChI is InChI=1S/C15H19BrN2O3.ClH/c1-10-8-12(16)2-3-13(10)17-14(19)9-18-6-4-11(5-7-18)15(20)21;/h2-3,8,11H,4-7,9H2,1H3,(H,17,19)(H,20,21);1H. The second-order valence-corrected chi connectivity index (χ2v) is 6.31. The number of halogens is 2. The Hall–Kier alpha value is -1.11. The minimum absolute atomic E-state index is 0. The lowest BCUT2D eigenvalue weighted by Gasteiger charge is -2.29. The number of hydrogen-bond donors (Lipinski definition) is 2. The van der Waals surface area contributed by atoms with Crippen molar-refractivity contribution in [1.29, 1.82) is 0 Å². The van der Waals surface area contributed by atoms with Crippen molar-refractivity contribution >= 4 is 45.9 Å². The first-order valence-electron chi connectivity index (χ1n) is 6.97. The molecule has 22 heavy (non-hydrogen) atoms. The smallest absolute Gasteiger partial charge is 0.306 e. The number of carbonyl (C=O) groups is 2. The molecule has 0 aromatic heterocycles. The fraction of sp³-hybridized carbons (Fsp3) is 0.467. The van der Waals surface area contributed by atoms with E-state index in [9.17, 15) is 9.59 Å². The molecule has 1 aromatic carbocycles. The highest BCUT2D eigenvalue weighted by Gasteiger charge is 2.25. The highest BCUT2D eigenvalue weighted by atomic mass is 79.9. The van der Waals surface area contributed by atoms with Gasteiger partial charge in [0.05, 0.1) is 12.5 Å². The van der Waals surface area contributed by atoms with E-state index in [-0.39, 0.29) is 24.2 Å². The molecule has 5 nitrogen and oxygen atoms in total. The van der Waals surface area contributed by atoms with Crippen LogP contribution in [0.2, 0.25) is 0 Å². The van der Waals surface area contributed by atoms with E-state index in [4.69, 9.17) is 5.11 Å². The predicted octanol–water partition coefficient (Wildman–Crippen LogP) is 2.91. The average Bonchev–Trinajstić information content (AvgIpc) is 2.42. The van der Waals surface area contributed by atoms with Crippen molar-refractivity contribution < 1.29 is 14.7 Å². The fourth-order valence-corrected chi connectivity index (χ4v) is 2.97. The molecule has 1 aromatic rings. The summed E-state index contributed by atoms with van der Waals surface area (Å²) in [4.78, 5) is 24.9. The van der Waals surface area contributed by atoms with Crippen molar-refractivity contribution in [3.8, 4) is 0 Å². The maximum absolute atomic E-state index is 12.1. The predicted molar refractivity (Wildman–Crippen MR) is 91.6 cm³/mol. The van der Waals surface area contributed by atoms with Gasteiger partial charge in [0.1, 0.15) is 0 Å². The van der Waals surface area contributed by atoms with Crippen molar-refractivity contribution in [2.24, 2.45) is 5.92 Å². The van der Waals surface area contributed by atoms with Crippen LogP contribution in [-0.2, 0) is 9.59 Å². The van der Waals surface area contributed by atoms with Gasteiger partial charge in [-0.25, -0.2) is 0 Å². The summed E-state index contributed by atoms with van der Waals surface area (Å²) >= 11 is 3.39. The van der Waals surface area contributed by atoms with E-state index in [0.29, 0.717) is 32.5 Å². The number of carbonyl (C=O) groups excluding carboxylic acids is 1. The lowest BCUT2D eigenvalue weighted by atomic mass is 9.97. The second kappa shape index (κ2) is 8.50. The molecule has 0 bridgehead atoms. The number of nitrogens with zero attached hydrogens (tertiary/aromatic N) is 1. The Morgan fingerprint density at radius 2 is 2.00 bits per heavy atom. The third-order valence-corrected chi connectivity index (χ3v) is 4.26. The van der Waals surface area contributed by atoms with Gasteiger partial charge in [0.15, 0.2) is 0 Å². The molecule has 0 spiro atoms. The van der Waals surface area contributed by atoms with E-state index < -0.39 is 5.97 Å². The molecule has 0 saturated carbocycles. The van der Waals surface area contributed by atoms with E-state index in [1.54, 1.807) is 0 Å². The monoisotopic (exact) mass is 390 g/mol. The van der Waals surface area contributed by atoms with Crippen LogP contribution in [0.4, 0.5) is 5.69 Å². The number of carboxylic acids is 1. The summed E-state index contributed by atoms with van der Waals surface area (Å²) in [5.41, 5.74) is 1.81. The molecule has 7 heteroatoms. The average molecular weight is 392 g/mol. The molecule has 1 aliphatic heterocycles. The molecule has 2 rings (SSSR count). The molecule has 0 aliphatic carbocycles. The molecule has 122 valence electrons. The van der Waals surface area contributed by atoms with Crippen LogP contribution < -0.4 is 5.32 Å². The summed E-state index contributed by atoms with van der Waals surface area (Å²) < 4.78 is 0.980. The zero-order valence-electron chi connectivity index (χ0n) is 12.3. The number of benzene rings is 1. The van der Waals surface area contributed by atoms with Crippen LogP contribution in [0.15, 0.2) is 22.7 Å². The number of piperidine rings is 1. The van der Waals surface area contributed by atoms with E-state index in [1.807, 2.05) is 30.0 Å². The third kappa shape index (κ3) is 5.26. The maximum atomic E-state index is 12.1. The van der Waals surface area contributed by atoms with Crippen LogP contribution >= 0.6 is 28.3 Å². The number of aryl methyl sites for hydroxylation is 1. The van der Waals surface area contributed by atoms with Gasteiger partial charge in [-0.2, -0.15) is 0 Å². The Bertz CT molecular complexity index is 546. The first kappa shape index (κ1) is 18.9. The molecule has 0 unspecified atom stereocenters. The second-order valence-electron chi connectivity index (χ2n) is 5.40. The zero-order chi connectivity index (χ0) is 15.4. The van der Waals surface area contributed by atoms with E-state index in [0.717, 1.165) is 15.7 Å². The van der Waals surface area contributed by atoms with Crippen LogP contribution in [0.5, 0.6) is 0 Å². The summed E-state index contributed by atoms with van der Waals surface area (Å²) in [6.45, 7) is 3.56. The van der Waals surface area contributed by atoms with Gasteiger partial charge in [-0.3, -0.25) is 14.5 Å². The number of anilines is 1. The number of nitrogens with one attached hydrogen (secondary N) is 1. The van der Waals surface area contributed by atoms with Gasteiger partial charge in [-0.05, 0) is 56.6 Å². The van der Waals surface area contributed by atoms with Gasteiger partial charge in [0.2, 0.25) is 5.91 Å². The fourth-order valence-electron chi connectivity index (χ4n) is 2.50. The van der Waals surface area contributed by atoms with Crippen LogP contribution in [0.1, 0.15) is 18.4 Å². The molecule has 0 atom stereocenters. The van der Waals surface area contributed by atoms with E-state index in [1.165, 1.54) is 0 Å². The van der Waals surface area contributed by atoms with Crippen LogP contribution in [-0.4, -0.2) is 41.5 Å². The third-order valence-electron chi connectivity index (χ3n) is 3.77. The summed E-state index contributed by atoms with van der Waals surface area (Å²) in [6, 6.07) is 5.71. The lowest BCUT2D eigenvalue weighted by molar-refractivity contribution is -0.143. The number of rotatable bonds is 4. The quantitative estimate of drug-likeness (QED) is 0.828. The van der Waals surface area contributed by atoms with Gasteiger partial charge in [-0.1, -0.05) is 15.9 Å². The zero-order valence-corrected chi connectivity index (χ0v) is 14.7. The van der Waals surface area contributed by atoms with Gasteiger partial charge in [0, 0.05) is 10.2 Å². The maximum Gasteiger partial charge on any atom is 0.306 e. The molecule has 2 N–H and O–H groups in total. The summed E-state index contributed by atoms with van der Waals surface area (Å²) in [6.07, 6.45) is 1.22. The first-order valence-corrected chi connectivity index (χ1v) is 7.76. The normalized spacial score (nSPS) is 15.9. The van der Waals surface area contributed by atoms with Crippen molar-refractivity contribution in [2.45, 2.75) is 19.8 Å². The number of amides is 1. The minimum atomic E-state index is -0.732. The van der Waals surface area contributed by atoms with Gasteiger partial charge in [-0.15, -0.1) is 12.4 Å². The van der Waals surface area contributed by atoms with E-state index >= 15 is 0 Å².